The number of carbonyl (C=O) groups is 1. The molecular weight excluding hydrogens is 242 g/mol. The summed E-state index contributed by atoms with van der Waals surface area (Å²) in [5.74, 6) is 0.116. The van der Waals surface area contributed by atoms with Crippen LogP contribution in [0.1, 0.15) is 19.4 Å². The van der Waals surface area contributed by atoms with Gasteiger partial charge in [0.05, 0.1) is 12.5 Å². The summed E-state index contributed by atoms with van der Waals surface area (Å²) in [6, 6.07) is 7.91. The van der Waals surface area contributed by atoms with Crippen molar-refractivity contribution < 1.29 is 14.6 Å². The molecule has 4 heteroatoms. The van der Waals surface area contributed by atoms with E-state index in [1.54, 1.807) is 21.0 Å². The molecule has 19 heavy (non-hydrogen) atoms. The highest BCUT2D eigenvalue weighted by Crippen LogP contribution is 2.19. The average Bonchev–Trinajstić information content (AvgIpc) is 2.36. The Labute approximate surface area is 115 Å². The number of hydrogen-bond donors (Lipinski definition) is 1. The molecule has 0 fully saturated rings. The van der Waals surface area contributed by atoms with Crippen molar-refractivity contribution in [3.8, 4) is 5.75 Å². The van der Waals surface area contributed by atoms with Crippen molar-refractivity contribution in [2.45, 2.75) is 20.3 Å². The van der Waals surface area contributed by atoms with E-state index < -0.39 is 11.4 Å². The van der Waals surface area contributed by atoms with Gasteiger partial charge >= 0.3 is 5.97 Å². The number of likely N-dealkylation sites (N-methyl/N-ethyl adjacent to an activating group) is 1. The van der Waals surface area contributed by atoms with Crippen molar-refractivity contribution >= 4 is 5.97 Å². The van der Waals surface area contributed by atoms with Crippen LogP contribution in [0.3, 0.4) is 0 Å². The summed E-state index contributed by atoms with van der Waals surface area (Å²) in [4.78, 5) is 13.1. The van der Waals surface area contributed by atoms with E-state index in [0.29, 0.717) is 6.54 Å². The largest absolute Gasteiger partial charge is 0.496 e. The maximum Gasteiger partial charge on any atom is 0.310 e. The Morgan fingerprint density at radius 2 is 2.00 bits per heavy atom. The van der Waals surface area contributed by atoms with Crippen molar-refractivity contribution in [3.63, 3.8) is 0 Å². The highest BCUT2D eigenvalue weighted by molar-refractivity contribution is 5.73. The van der Waals surface area contributed by atoms with Crippen LogP contribution in [0.15, 0.2) is 24.3 Å². The average molecular weight is 265 g/mol. The molecule has 1 aromatic carbocycles. The van der Waals surface area contributed by atoms with E-state index in [1.807, 2.05) is 36.2 Å². The smallest absolute Gasteiger partial charge is 0.310 e. The Morgan fingerprint density at radius 3 is 2.58 bits per heavy atom. The van der Waals surface area contributed by atoms with Crippen LogP contribution in [0.4, 0.5) is 0 Å². The quantitative estimate of drug-likeness (QED) is 0.821. The number of carboxylic acids is 1. The molecule has 0 amide bonds. The van der Waals surface area contributed by atoms with Gasteiger partial charge in [-0.1, -0.05) is 18.2 Å². The van der Waals surface area contributed by atoms with E-state index in [1.165, 1.54) is 0 Å². The van der Waals surface area contributed by atoms with Gasteiger partial charge in [0.15, 0.2) is 0 Å². The van der Waals surface area contributed by atoms with Crippen molar-refractivity contribution in [2.75, 3.05) is 27.2 Å². The minimum absolute atomic E-state index is 0.525. The number of methoxy groups -OCH3 is 1. The van der Waals surface area contributed by atoms with Crippen LogP contribution >= 0.6 is 0 Å². The minimum Gasteiger partial charge on any atom is -0.496 e. The van der Waals surface area contributed by atoms with E-state index in [2.05, 4.69) is 0 Å². The molecule has 0 bridgehead atoms. The first kappa shape index (κ1) is 15.5. The normalized spacial score (nSPS) is 11.6. The van der Waals surface area contributed by atoms with Gasteiger partial charge in [-0.05, 0) is 38.9 Å². The van der Waals surface area contributed by atoms with Crippen LogP contribution < -0.4 is 4.74 Å². The summed E-state index contributed by atoms with van der Waals surface area (Å²) in [5, 5.41) is 9.11. The second-order valence-corrected chi connectivity index (χ2v) is 5.49. The molecule has 1 rings (SSSR count). The monoisotopic (exact) mass is 265 g/mol. The third-order valence-corrected chi connectivity index (χ3v) is 3.20. The van der Waals surface area contributed by atoms with Gasteiger partial charge in [0.1, 0.15) is 5.75 Å². The second-order valence-electron chi connectivity index (χ2n) is 5.49. The SMILES string of the molecule is COc1ccccc1CCN(C)CC(C)(C)C(=O)O. The molecule has 0 unspecified atom stereocenters. The van der Waals surface area contributed by atoms with E-state index in [-0.39, 0.29) is 0 Å². The number of benzene rings is 1. The molecule has 0 aliphatic heterocycles. The lowest BCUT2D eigenvalue weighted by molar-refractivity contribution is -0.147. The van der Waals surface area contributed by atoms with Gasteiger partial charge in [-0.3, -0.25) is 4.79 Å². The fraction of sp³-hybridized carbons (Fsp3) is 0.533. The third kappa shape index (κ3) is 4.56. The van der Waals surface area contributed by atoms with E-state index >= 15 is 0 Å². The highest BCUT2D eigenvalue weighted by atomic mass is 16.5. The molecule has 0 atom stereocenters. The second kappa shape index (κ2) is 6.57. The predicted octanol–water partition coefficient (Wildman–Crippen LogP) is 2.28. The van der Waals surface area contributed by atoms with Crippen molar-refractivity contribution in [1.82, 2.24) is 4.90 Å². The lowest BCUT2D eigenvalue weighted by atomic mass is 9.93. The summed E-state index contributed by atoms with van der Waals surface area (Å²) < 4.78 is 5.30. The fourth-order valence-corrected chi connectivity index (χ4v) is 2.04. The molecule has 0 aliphatic carbocycles. The van der Waals surface area contributed by atoms with Crippen LogP contribution in [0.25, 0.3) is 0 Å². The predicted molar refractivity (Wildman–Crippen MR) is 75.6 cm³/mol. The van der Waals surface area contributed by atoms with E-state index in [0.717, 1.165) is 24.3 Å². The number of hydrogen-bond acceptors (Lipinski definition) is 3. The molecule has 106 valence electrons. The van der Waals surface area contributed by atoms with Crippen LogP contribution in [0.2, 0.25) is 0 Å². The number of ether oxygens (including phenoxy) is 1. The van der Waals surface area contributed by atoms with Crippen LogP contribution in [-0.4, -0.2) is 43.2 Å². The van der Waals surface area contributed by atoms with Crippen molar-refractivity contribution in [3.05, 3.63) is 29.8 Å². The number of rotatable bonds is 7. The summed E-state index contributed by atoms with van der Waals surface area (Å²) in [6.45, 7) is 4.82. The van der Waals surface area contributed by atoms with Crippen molar-refractivity contribution in [1.29, 1.82) is 0 Å². The molecular formula is C15H23NO3. The van der Waals surface area contributed by atoms with Gasteiger partial charge in [0, 0.05) is 13.1 Å². The summed E-state index contributed by atoms with van der Waals surface area (Å²) in [7, 11) is 3.61. The van der Waals surface area contributed by atoms with E-state index in [9.17, 15) is 4.79 Å². The van der Waals surface area contributed by atoms with Gasteiger partial charge in [0.2, 0.25) is 0 Å². The molecule has 0 saturated heterocycles. The van der Waals surface area contributed by atoms with Crippen LogP contribution in [-0.2, 0) is 11.2 Å². The molecule has 0 saturated carbocycles. The Morgan fingerprint density at radius 1 is 1.37 bits per heavy atom. The molecule has 1 N–H and O–H groups in total. The Hall–Kier alpha value is -1.55. The Bertz CT molecular complexity index is 429. The zero-order valence-electron chi connectivity index (χ0n) is 12.1. The number of carboxylic acid groups (broad SMARTS) is 1. The number of para-hydroxylation sites is 1. The zero-order valence-corrected chi connectivity index (χ0v) is 12.1. The first-order chi connectivity index (χ1) is 8.86. The molecule has 0 aromatic heterocycles. The molecule has 0 radical (unpaired) electrons. The third-order valence-electron chi connectivity index (χ3n) is 3.20. The molecule has 0 heterocycles. The van der Waals surface area contributed by atoms with Crippen molar-refractivity contribution in [2.24, 2.45) is 5.41 Å². The lowest BCUT2D eigenvalue weighted by Gasteiger charge is -2.26. The molecule has 0 spiro atoms. The maximum atomic E-state index is 11.1. The van der Waals surface area contributed by atoms with Crippen LogP contribution in [0, 0.1) is 5.41 Å². The molecule has 0 aliphatic rings. The molecule has 4 nitrogen and oxygen atoms in total. The van der Waals surface area contributed by atoms with Gasteiger partial charge in [-0.2, -0.15) is 0 Å². The lowest BCUT2D eigenvalue weighted by Crippen LogP contribution is -2.38. The van der Waals surface area contributed by atoms with Gasteiger partial charge in [0.25, 0.3) is 0 Å². The van der Waals surface area contributed by atoms with Gasteiger partial charge in [-0.25, -0.2) is 0 Å². The summed E-state index contributed by atoms with van der Waals surface area (Å²) in [6.07, 6.45) is 0.843. The fourth-order valence-electron chi connectivity index (χ4n) is 2.04. The first-order valence-corrected chi connectivity index (χ1v) is 6.40. The van der Waals surface area contributed by atoms with E-state index in [4.69, 9.17) is 9.84 Å². The zero-order chi connectivity index (χ0) is 14.5. The first-order valence-electron chi connectivity index (χ1n) is 6.40. The number of aliphatic carboxylic acids is 1. The van der Waals surface area contributed by atoms with Gasteiger partial charge in [-0.15, -0.1) is 0 Å². The summed E-state index contributed by atoms with van der Waals surface area (Å²) >= 11 is 0. The van der Waals surface area contributed by atoms with Gasteiger partial charge < -0.3 is 14.7 Å². The highest BCUT2D eigenvalue weighted by Gasteiger charge is 2.28. The maximum absolute atomic E-state index is 11.1. The Balaban J connectivity index is 2.55. The Kier molecular flexibility index (Phi) is 5.36. The molecule has 1 aromatic rings. The number of nitrogens with zero attached hydrogens (tertiary/aromatic N) is 1. The minimum atomic E-state index is -0.767. The standard InChI is InChI=1S/C15H23NO3/c1-15(2,14(17)18)11-16(3)10-9-12-7-5-6-8-13(12)19-4/h5-8H,9-11H2,1-4H3,(H,17,18). The van der Waals surface area contributed by atoms with Crippen LogP contribution in [0.5, 0.6) is 5.75 Å². The summed E-state index contributed by atoms with van der Waals surface area (Å²) in [5.41, 5.74) is 0.417. The topological polar surface area (TPSA) is 49.8 Å².